The van der Waals surface area contributed by atoms with E-state index in [1.807, 2.05) is 0 Å². The van der Waals surface area contributed by atoms with Crippen molar-refractivity contribution in [2.75, 3.05) is 11.9 Å². The SMILES string of the molecule is O=S(=O)(c1ccc(F)cc1)N1CCC[C@@H]1c1cncc(Nc2ncccn2)n1. The quantitative estimate of drug-likeness (QED) is 0.703. The summed E-state index contributed by atoms with van der Waals surface area (Å²) >= 11 is 0. The molecular weight excluding hydrogens is 383 g/mol. The highest BCUT2D eigenvalue weighted by Gasteiger charge is 2.37. The molecule has 0 amide bonds. The van der Waals surface area contributed by atoms with Gasteiger partial charge in [0.25, 0.3) is 0 Å². The standard InChI is InChI=1S/C18H17FN6O2S/c19-13-4-6-14(7-5-13)28(26,27)25-10-1-3-16(25)15-11-20-12-17(23-15)24-18-21-8-2-9-22-18/h2,4-9,11-12,16H,1,3,10H2,(H,21,22,23,24)/t16-/m1/s1. The minimum absolute atomic E-state index is 0.0562. The molecule has 144 valence electrons. The Labute approximate surface area is 161 Å². The molecule has 0 unspecified atom stereocenters. The molecule has 3 heterocycles. The van der Waals surface area contributed by atoms with Gasteiger partial charge in [0.1, 0.15) is 5.82 Å². The maximum Gasteiger partial charge on any atom is 0.243 e. The van der Waals surface area contributed by atoms with Crippen LogP contribution in [0.4, 0.5) is 16.2 Å². The van der Waals surface area contributed by atoms with E-state index in [1.165, 1.54) is 22.6 Å². The molecule has 0 spiro atoms. The highest BCUT2D eigenvalue weighted by Crippen LogP contribution is 2.35. The molecule has 3 aromatic rings. The Morgan fingerprint density at radius 1 is 1.11 bits per heavy atom. The minimum Gasteiger partial charge on any atom is -0.307 e. The summed E-state index contributed by atoms with van der Waals surface area (Å²) in [7, 11) is -3.77. The summed E-state index contributed by atoms with van der Waals surface area (Å²) < 4.78 is 40.6. The van der Waals surface area contributed by atoms with Crippen LogP contribution in [0, 0.1) is 5.82 Å². The molecule has 4 rings (SSSR count). The predicted molar refractivity (Wildman–Crippen MR) is 99.6 cm³/mol. The minimum atomic E-state index is -3.77. The molecule has 1 aliphatic heterocycles. The summed E-state index contributed by atoms with van der Waals surface area (Å²) in [5.41, 5.74) is 0.532. The van der Waals surface area contributed by atoms with Crippen LogP contribution in [0.3, 0.4) is 0 Å². The zero-order chi connectivity index (χ0) is 19.6. The average Bonchev–Trinajstić information content (AvgIpc) is 3.20. The van der Waals surface area contributed by atoms with Crippen molar-refractivity contribution in [2.45, 2.75) is 23.8 Å². The van der Waals surface area contributed by atoms with Gasteiger partial charge >= 0.3 is 0 Å². The van der Waals surface area contributed by atoms with Crippen molar-refractivity contribution in [2.24, 2.45) is 0 Å². The molecule has 0 bridgehead atoms. The fourth-order valence-corrected chi connectivity index (χ4v) is 4.81. The van der Waals surface area contributed by atoms with E-state index < -0.39 is 21.9 Å². The van der Waals surface area contributed by atoms with Crippen LogP contribution in [0.5, 0.6) is 0 Å². The first-order chi connectivity index (χ1) is 13.5. The molecule has 0 aliphatic carbocycles. The number of sulfonamides is 1. The lowest BCUT2D eigenvalue weighted by Crippen LogP contribution is -2.31. The maximum absolute atomic E-state index is 13.2. The number of hydrogen-bond acceptors (Lipinski definition) is 7. The lowest BCUT2D eigenvalue weighted by atomic mass is 10.2. The third-order valence-corrected chi connectivity index (χ3v) is 6.35. The number of hydrogen-bond donors (Lipinski definition) is 1. The van der Waals surface area contributed by atoms with E-state index in [9.17, 15) is 12.8 Å². The van der Waals surface area contributed by atoms with Crippen LogP contribution in [-0.4, -0.2) is 39.2 Å². The number of rotatable bonds is 5. The van der Waals surface area contributed by atoms with Gasteiger partial charge in [-0.05, 0) is 43.2 Å². The van der Waals surface area contributed by atoms with Crippen LogP contribution in [0.2, 0.25) is 0 Å². The number of halogens is 1. The van der Waals surface area contributed by atoms with Crippen molar-refractivity contribution in [3.8, 4) is 0 Å². The Kier molecular flexibility index (Phi) is 4.97. The van der Waals surface area contributed by atoms with Crippen LogP contribution < -0.4 is 5.32 Å². The van der Waals surface area contributed by atoms with Crippen molar-refractivity contribution in [3.05, 3.63) is 66.6 Å². The molecule has 1 aliphatic rings. The van der Waals surface area contributed by atoms with Crippen molar-refractivity contribution < 1.29 is 12.8 Å². The molecule has 1 N–H and O–H groups in total. The molecule has 1 aromatic carbocycles. The van der Waals surface area contributed by atoms with Crippen LogP contribution in [0.1, 0.15) is 24.6 Å². The van der Waals surface area contributed by atoms with E-state index in [0.717, 1.165) is 12.1 Å². The van der Waals surface area contributed by atoms with Crippen molar-refractivity contribution in [3.63, 3.8) is 0 Å². The average molecular weight is 400 g/mol. The van der Waals surface area contributed by atoms with Gasteiger partial charge in [0, 0.05) is 18.9 Å². The van der Waals surface area contributed by atoms with Gasteiger partial charge in [-0.25, -0.2) is 27.8 Å². The Balaban J connectivity index is 1.61. The monoisotopic (exact) mass is 400 g/mol. The van der Waals surface area contributed by atoms with Crippen molar-refractivity contribution in [1.29, 1.82) is 0 Å². The zero-order valence-corrected chi connectivity index (χ0v) is 15.6. The number of aromatic nitrogens is 4. The largest absolute Gasteiger partial charge is 0.307 e. The molecule has 0 saturated carbocycles. The summed E-state index contributed by atoms with van der Waals surface area (Å²) in [4.78, 5) is 16.9. The molecule has 1 fully saturated rings. The van der Waals surface area contributed by atoms with Gasteiger partial charge in [-0.2, -0.15) is 4.31 Å². The first-order valence-corrected chi connectivity index (χ1v) is 10.1. The highest BCUT2D eigenvalue weighted by atomic mass is 32.2. The zero-order valence-electron chi connectivity index (χ0n) is 14.7. The Morgan fingerprint density at radius 3 is 2.61 bits per heavy atom. The van der Waals surface area contributed by atoms with Crippen LogP contribution in [0.25, 0.3) is 0 Å². The number of nitrogens with one attached hydrogen (secondary N) is 1. The molecule has 8 nitrogen and oxygen atoms in total. The second-order valence-corrected chi connectivity index (χ2v) is 8.14. The van der Waals surface area contributed by atoms with Gasteiger partial charge < -0.3 is 5.32 Å². The van der Waals surface area contributed by atoms with E-state index in [2.05, 4.69) is 25.3 Å². The molecule has 2 aromatic heterocycles. The molecular formula is C18H17FN6O2S. The first kappa shape index (κ1) is 18.4. The molecule has 0 radical (unpaired) electrons. The van der Waals surface area contributed by atoms with E-state index in [0.29, 0.717) is 36.8 Å². The molecule has 28 heavy (non-hydrogen) atoms. The van der Waals surface area contributed by atoms with Crippen LogP contribution >= 0.6 is 0 Å². The summed E-state index contributed by atoms with van der Waals surface area (Å²) in [5, 5.41) is 2.95. The maximum atomic E-state index is 13.2. The summed E-state index contributed by atoms with van der Waals surface area (Å²) in [6.07, 6.45) is 7.60. The van der Waals surface area contributed by atoms with Gasteiger partial charge in [0.2, 0.25) is 16.0 Å². The third-order valence-electron chi connectivity index (χ3n) is 4.42. The van der Waals surface area contributed by atoms with Gasteiger partial charge in [-0.15, -0.1) is 0 Å². The normalized spacial score (nSPS) is 17.5. The van der Waals surface area contributed by atoms with Gasteiger partial charge in [0.15, 0.2) is 5.82 Å². The topological polar surface area (TPSA) is 101 Å². The van der Waals surface area contributed by atoms with E-state index in [4.69, 9.17) is 0 Å². The summed E-state index contributed by atoms with van der Waals surface area (Å²) in [6.45, 7) is 0.367. The van der Waals surface area contributed by atoms with E-state index in [-0.39, 0.29) is 4.90 Å². The van der Waals surface area contributed by atoms with E-state index >= 15 is 0 Å². The lowest BCUT2D eigenvalue weighted by Gasteiger charge is -2.23. The predicted octanol–water partition coefficient (Wildman–Crippen LogP) is 2.68. The Bertz CT molecular complexity index is 1060. The smallest absolute Gasteiger partial charge is 0.243 e. The number of anilines is 2. The molecule has 1 atom stereocenters. The number of benzene rings is 1. The second-order valence-electron chi connectivity index (χ2n) is 6.25. The van der Waals surface area contributed by atoms with E-state index in [1.54, 1.807) is 24.7 Å². The van der Waals surface area contributed by atoms with Crippen molar-refractivity contribution >= 4 is 21.8 Å². The fourth-order valence-electron chi connectivity index (χ4n) is 3.15. The van der Waals surface area contributed by atoms with Gasteiger partial charge in [0.05, 0.1) is 29.0 Å². The second kappa shape index (κ2) is 7.56. The van der Waals surface area contributed by atoms with Gasteiger partial charge in [-0.3, -0.25) is 4.98 Å². The molecule has 10 heteroatoms. The van der Waals surface area contributed by atoms with Gasteiger partial charge in [-0.1, -0.05) is 0 Å². The van der Waals surface area contributed by atoms with Crippen LogP contribution in [-0.2, 0) is 10.0 Å². The first-order valence-electron chi connectivity index (χ1n) is 8.67. The Hall–Kier alpha value is -2.98. The summed E-state index contributed by atoms with van der Waals surface area (Å²) in [5.74, 6) is 0.315. The van der Waals surface area contributed by atoms with Crippen molar-refractivity contribution in [1.82, 2.24) is 24.2 Å². The van der Waals surface area contributed by atoms with Crippen LogP contribution in [0.15, 0.2) is 60.0 Å². The lowest BCUT2D eigenvalue weighted by molar-refractivity contribution is 0.390. The third kappa shape index (κ3) is 3.69. The fraction of sp³-hybridized carbons (Fsp3) is 0.222. The summed E-state index contributed by atoms with van der Waals surface area (Å²) in [6, 6.07) is 6.09. The number of nitrogens with zero attached hydrogens (tertiary/aromatic N) is 5. The molecule has 1 saturated heterocycles. The highest BCUT2D eigenvalue weighted by molar-refractivity contribution is 7.89. The Morgan fingerprint density at radius 2 is 1.86 bits per heavy atom.